The zero-order valence-electron chi connectivity index (χ0n) is 14.9. The van der Waals surface area contributed by atoms with Crippen molar-refractivity contribution in [1.82, 2.24) is 10.8 Å². The molecule has 146 valence electrons. The molecule has 0 saturated heterocycles. The molecule has 0 aromatic heterocycles. The van der Waals surface area contributed by atoms with Crippen LogP contribution in [-0.2, 0) is 19.0 Å². The maximum Gasteiger partial charge on any atom is 0.251 e. The molecule has 0 saturated carbocycles. The number of halogens is 1. The zero-order valence-corrected chi connectivity index (χ0v) is 16.5. The number of ether oxygens (including phenoxy) is 3. The number of amides is 2. The van der Waals surface area contributed by atoms with Crippen LogP contribution in [0.15, 0.2) is 28.7 Å². The van der Waals surface area contributed by atoms with Crippen LogP contribution in [0.3, 0.4) is 0 Å². The van der Waals surface area contributed by atoms with E-state index in [-0.39, 0.29) is 32.3 Å². The third kappa shape index (κ3) is 8.24. The average Bonchev–Trinajstić information content (AvgIpc) is 2.64. The van der Waals surface area contributed by atoms with E-state index in [4.69, 9.17) is 19.4 Å². The highest BCUT2D eigenvalue weighted by Crippen LogP contribution is 2.13. The maximum atomic E-state index is 12.4. The molecule has 8 nitrogen and oxygen atoms in total. The Morgan fingerprint density at radius 2 is 1.88 bits per heavy atom. The average molecular weight is 433 g/mol. The van der Waals surface area contributed by atoms with Crippen molar-refractivity contribution in [1.29, 1.82) is 0 Å². The van der Waals surface area contributed by atoms with Gasteiger partial charge in [-0.3, -0.25) is 14.8 Å². The fourth-order valence-electron chi connectivity index (χ4n) is 2.26. The maximum absolute atomic E-state index is 12.4. The summed E-state index contributed by atoms with van der Waals surface area (Å²) in [6.07, 6.45) is 0.231. The number of nitrogens with one attached hydrogen (secondary N) is 2. The van der Waals surface area contributed by atoms with Crippen molar-refractivity contribution in [3.05, 3.63) is 34.3 Å². The van der Waals surface area contributed by atoms with Gasteiger partial charge in [-0.1, -0.05) is 15.9 Å². The Bertz CT molecular complexity index is 555. The number of rotatable bonds is 12. The molecular formula is C17H25BrN2O6. The molecule has 26 heavy (non-hydrogen) atoms. The number of carbonyl (C=O) groups is 2. The first kappa shape index (κ1) is 22.5. The highest BCUT2D eigenvalue weighted by Gasteiger charge is 2.24. The second kappa shape index (κ2) is 12.8. The first-order valence-corrected chi connectivity index (χ1v) is 8.95. The largest absolute Gasteiger partial charge is 0.384 e. The Hall–Kier alpha value is -1.52. The molecule has 0 heterocycles. The first-order valence-electron chi connectivity index (χ1n) is 8.16. The summed E-state index contributed by atoms with van der Waals surface area (Å²) in [6.45, 7) is 2.69. The van der Waals surface area contributed by atoms with E-state index >= 15 is 0 Å². The van der Waals surface area contributed by atoms with Crippen LogP contribution < -0.4 is 10.8 Å². The van der Waals surface area contributed by atoms with Gasteiger partial charge in [0.1, 0.15) is 6.79 Å². The molecule has 1 aromatic rings. The predicted molar refractivity (Wildman–Crippen MR) is 97.8 cm³/mol. The van der Waals surface area contributed by atoms with Crippen LogP contribution >= 0.6 is 15.9 Å². The van der Waals surface area contributed by atoms with Crippen LogP contribution in [0.25, 0.3) is 0 Å². The number of carbonyl (C=O) groups excluding carboxylic acids is 2. The van der Waals surface area contributed by atoms with E-state index in [1.54, 1.807) is 29.7 Å². The van der Waals surface area contributed by atoms with E-state index in [0.717, 1.165) is 4.47 Å². The summed E-state index contributed by atoms with van der Waals surface area (Å²) in [5, 5.41) is 11.7. The molecule has 0 spiro atoms. The molecule has 0 radical (unpaired) electrons. The molecule has 2 atom stereocenters. The van der Waals surface area contributed by atoms with Gasteiger partial charge >= 0.3 is 0 Å². The van der Waals surface area contributed by atoms with Crippen molar-refractivity contribution in [2.45, 2.75) is 19.4 Å². The van der Waals surface area contributed by atoms with Crippen molar-refractivity contribution in [3.8, 4) is 0 Å². The Kier molecular flexibility index (Phi) is 11.1. The Balaban J connectivity index is 2.76. The van der Waals surface area contributed by atoms with Crippen LogP contribution in [0.4, 0.5) is 0 Å². The van der Waals surface area contributed by atoms with E-state index in [0.29, 0.717) is 12.2 Å². The summed E-state index contributed by atoms with van der Waals surface area (Å²) in [4.78, 5) is 24.2. The second-order valence-corrected chi connectivity index (χ2v) is 6.44. The van der Waals surface area contributed by atoms with Crippen molar-refractivity contribution >= 4 is 27.7 Å². The Labute approximate surface area is 161 Å². The van der Waals surface area contributed by atoms with Gasteiger partial charge in [0.2, 0.25) is 5.91 Å². The van der Waals surface area contributed by atoms with Gasteiger partial charge in [-0.2, -0.15) is 0 Å². The van der Waals surface area contributed by atoms with Crippen molar-refractivity contribution in [3.63, 3.8) is 0 Å². The van der Waals surface area contributed by atoms with Crippen LogP contribution in [0, 0.1) is 5.92 Å². The lowest BCUT2D eigenvalue weighted by Gasteiger charge is -2.23. The van der Waals surface area contributed by atoms with Gasteiger partial charge in [0, 0.05) is 23.8 Å². The number of benzene rings is 1. The lowest BCUT2D eigenvalue weighted by atomic mass is 10.00. The SMILES string of the molecule is CCOCOC[C@@H](C[C@@H](COC)C(=O)NO)NC(=O)c1ccc(Br)cc1. The molecule has 0 aliphatic rings. The Morgan fingerprint density at radius 1 is 1.19 bits per heavy atom. The van der Waals surface area contributed by atoms with Crippen LogP contribution in [-0.4, -0.2) is 56.8 Å². The summed E-state index contributed by atoms with van der Waals surface area (Å²) in [5.74, 6) is -1.52. The van der Waals surface area contributed by atoms with E-state index in [1.165, 1.54) is 7.11 Å². The monoisotopic (exact) mass is 432 g/mol. The van der Waals surface area contributed by atoms with E-state index < -0.39 is 17.9 Å². The summed E-state index contributed by atoms with van der Waals surface area (Å²) in [5.41, 5.74) is 2.10. The van der Waals surface area contributed by atoms with Crippen molar-refractivity contribution < 1.29 is 29.0 Å². The zero-order chi connectivity index (χ0) is 19.4. The van der Waals surface area contributed by atoms with E-state index in [9.17, 15) is 9.59 Å². The van der Waals surface area contributed by atoms with Crippen LogP contribution in [0.5, 0.6) is 0 Å². The van der Waals surface area contributed by atoms with Crippen LogP contribution in [0.1, 0.15) is 23.7 Å². The van der Waals surface area contributed by atoms with Gasteiger partial charge in [-0.05, 0) is 37.6 Å². The van der Waals surface area contributed by atoms with Crippen LogP contribution in [0.2, 0.25) is 0 Å². The van der Waals surface area contributed by atoms with Crippen molar-refractivity contribution in [2.75, 3.05) is 33.7 Å². The summed E-state index contributed by atoms with van der Waals surface area (Å²) in [6, 6.07) is 6.43. The fourth-order valence-corrected chi connectivity index (χ4v) is 2.52. The smallest absolute Gasteiger partial charge is 0.251 e. The van der Waals surface area contributed by atoms with Gasteiger partial charge < -0.3 is 19.5 Å². The molecule has 9 heteroatoms. The fraction of sp³-hybridized carbons (Fsp3) is 0.529. The molecule has 2 amide bonds. The minimum Gasteiger partial charge on any atom is -0.384 e. The third-order valence-electron chi connectivity index (χ3n) is 3.55. The molecule has 1 aromatic carbocycles. The predicted octanol–water partition coefficient (Wildman–Crippen LogP) is 1.72. The number of hydrogen-bond donors (Lipinski definition) is 3. The lowest BCUT2D eigenvalue weighted by molar-refractivity contribution is -0.135. The highest BCUT2D eigenvalue weighted by molar-refractivity contribution is 9.10. The molecule has 0 unspecified atom stereocenters. The molecular weight excluding hydrogens is 408 g/mol. The molecule has 1 rings (SSSR count). The number of hydrogen-bond acceptors (Lipinski definition) is 6. The van der Waals surface area contributed by atoms with Gasteiger partial charge in [0.15, 0.2) is 0 Å². The van der Waals surface area contributed by atoms with E-state index in [2.05, 4.69) is 21.2 Å². The molecule has 0 aliphatic carbocycles. The standard InChI is InChI=1S/C17H25BrN2O6/c1-3-25-11-26-10-15(8-13(9-24-2)17(22)20-23)19-16(21)12-4-6-14(18)7-5-12/h4-7,13,15,23H,3,8-11H2,1-2H3,(H,19,21)(H,20,22)/t13-,15+/m0/s1. The van der Waals surface area contributed by atoms with Gasteiger partial charge in [0.05, 0.1) is 25.2 Å². The quantitative estimate of drug-likeness (QED) is 0.201. The Morgan fingerprint density at radius 3 is 2.46 bits per heavy atom. The highest BCUT2D eigenvalue weighted by atomic mass is 79.9. The van der Waals surface area contributed by atoms with E-state index in [1.807, 2.05) is 6.92 Å². The lowest BCUT2D eigenvalue weighted by Crippen LogP contribution is -2.43. The molecule has 3 N–H and O–H groups in total. The normalized spacial score (nSPS) is 13.1. The topological polar surface area (TPSA) is 106 Å². The first-order chi connectivity index (χ1) is 12.5. The summed E-state index contributed by atoms with van der Waals surface area (Å²) < 4.78 is 16.4. The minimum atomic E-state index is -0.643. The number of methoxy groups -OCH3 is 1. The summed E-state index contributed by atoms with van der Waals surface area (Å²) >= 11 is 3.32. The molecule has 0 aliphatic heterocycles. The molecule has 0 fully saturated rings. The van der Waals surface area contributed by atoms with Crippen molar-refractivity contribution in [2.24, 2.45) is 5.92 Å². The van der Waals surface area contributed by atoms with Gasteiger partial charge in [0.25, 0.3) is 5.91 Å². The second-order valence-electron chi connectivity index (χ2n) is 5.52. The minimum absolute atomic E-state index is 0.0856. The molecule has 0 bridgehead atoms. The summed E-state index contributed by atoms with van der Waals surface area (Å²) in [7, 11) is 1.46. The van der Waals surface area contributed by atoms with Gasteiger partial charge in [-0.25, -0.2) is 5.48 Å². The third-order valence-corrected chi connectivity index (χ3v) is 4.08. The van der Waals surface area contributed by atoms with Gasteiger partial charge in [-0.15, -0.1) is 0 Å². The number of hydroxylamine groups is 1.